The summed E-state index contributed by atoms with van der Waals surface area (Å²) in [6.45, 7) is 13.1. The molecule has 0 amide bonds. The molecule has 0 radical (unpaired) electrons. The standard InChI is InChI=1S/C20H40O/c1-6-10-14-20(15-11-7-2,16-12-8-3)18-21-17-19(5)13-9-4/h9,13,19H,6-8,10-12,14-18H2,1-5H3. The first-order valence-corrected chi connectivity index (χ1v) is 9.34. The van der Waals surface area contributed by atoms with Gasteiger partial charge in [0.15, 0.2) is 0 Å². The quantitative estimate of drug-likeness (QED) is 0.321. The fraction of sp³-hybridized carbons (Fsp3) is 0.900. The minimum Gasteiger partial charge on any atom is -0.380 e. The zero-order valence-corrected chi connectivity index (χ0v) is 15.4. The van der Waals surface area contributed by atoms with E-state index in [1.807, 2.05) is 0 Å². The van der Waals surface area contributed by atoms with Crippen molar-refractivity contribution < 1.29 is 4.74 Å². The molecule has 0 rings (SSSR count). The molecule has 0 aromatic rings. The summed E-state index contributed by atoms with van der Waals surface area (Å²) in [5.74, 6) is 0.538. The van der Waals surface area contributed by atoms with Gasteiger partial charge in [0, 0.05) is 0 Å². The zero-order valence-electron chi connectivity index (χ0n) is 15.4. The molecule has 0 saturated carbocycles. The Morgan fingerprint density at radius 1 is 0.905 bits per heavy atom. The Balaban J connectivity index is 4.54. The first kappa shape index (κ1) is 20.7. The summed E-state index contributed by atoms with van der Waals surface area (Å²) in [6.07, 6.45) is 16.4. The van der Waals surface area contributed by atoms with E-state index in [4.69, 9.17) is 4.74 Å². The number of allylic oxidation sites excluding steroid dienone is 1. The molecule has 1 atom stereocenters. The number of rotatable bonds is 14. The van der Waals surface area contributed by atoms with Crippen molar-refractivity contribution in [2.24, 2.45) is 11.3 Å². The van der Waals surface area contributed by atoms with Gasteiger partial charge in [0.1, 0.15) is 0 Å². The molecule has 0 saturated heterocycles. The van der Waals surface area contributed by atoms with Crippen molar-refractivity contribution in [3.05, 3.63) is 12.2 Å². The van der Waals surface area contributed by atoms with Gasteiger partial charge < -0.3 is 4.74 Å². The fourth-order valence-corrected chi connectivity index (χ4v) is 3.09. The SMILES string of the molecule is CC=CC(C)COCC(CCCC)(CCCC)CCCC. The Morgan fingerprint density at radius 2 is 1.38 bits per heavy atom. The highest BCUT2D eigenvalue weighted by atomic mass is 16.5. The molecule has 1 unspecified atom stereocenters. The average Bonchev–Trinajstić information content (AvgIpc) is 2.48. The lowest BCUT2D eigenvalue weighted by Gasteiger charge is -2.34. The third-order valence-electron chi connectivity index (χ3n) is 4.49. The molecule has 0 spiro atoms. The van der Waals surface area contributed by atoms with Crippen LogP contribution in [0.5, 0.6) is 0 Å². The van der Waals surface area contributed by atoms with Crippen LogP contribution in [-0.4, -0.2) is 13.2 Å². The van der Waals surface area contributed by atoms with E-state index in [1.54, 1.807) is 0 Å². The van der Waals surface area contributed by atoms with Gasteiger partial charge in [-0.2, -0.15) is 0 Å². The maximum Gasteiger partial charge on any atom is 0.0526 e. The summed E-state index contributed by atoms with van der Waals surface area (Å²) < 4.78 is 6.15. The second-order valence-electron chi connectivity index (χ2n) is 6.83. The lowest BCUT2D eigenvalue weighted by atomic mass is 9.75. The van der Waals surface area contributed by atoms with E-state index < -0.39 is 0 Å². The minimum atomic E-state index is 0.442. The summed E-state index contributed by atoms with van der Waals surface area (Å²) in [6, 6.07) is 0. The van der Waals surface area contributed by atoms with Crippen LogP contribution >= 0.6 is 0 Å². The van der Waals surface area contributed by atoms with Crippen LogP contribution in [0.3, 0.4) is 0 Å². The predicted molar refractivity (Wildman–Crippen MR) is 95.8 cm³/mol. The van der Waals surface area contributed by atoms with Gasteiger partial charge in [-0.3, -0.25) is 0 Å². The molecule has 1 nitrogen and oxygen atoms in total. The number of ether oxygens (including phenoxy) is 1. The van der Waals surface area contributed by atoms with Crippen LogP contribution in [0.2, 0.25) is 0 Å². The van der Waals surface area contributed by atoms with Crippen LogP contribution < -0.4 is 0 Å². The van der Waals surface area contributed by atoms with Crippen LogP contribution in [0.1, 0.15) is 92.4 Å². The lowest BCUT2D eigenvalue weighted by Crippen LogP contribution is -2.28. The molecule has 0 N–H and O–H groups in total. The third kappa shape index (κ3) is 10.1. The summed E-state index contributed by atoms with van der Waals surface area (Å²) in [5, 5.41) is 0. The second kappa shape index (κ2) is 13.4. The van der Waals surface area contributed by atoms with E-state index >= 15 is 0 Å². The molecule has 1 heteroatoms. The molecule has 0 aromatic carbocycles. The number of hydrogen-bond acceptors (Lipinski definition) is 1. The molecule has 0 aromatic heterocycles. The van der Waals surface area contributed by atoms with Crippen molar-refractivity contribution in [3.8, 4) is 0 Å². The van der Waals surface area contributed by atoms with Crippen molar-refractivity contribution in [1.82, 2.24) is 0 Å². The lowest BCUT2D eigenvalue weighted by molar-refractivity contribution is 0.0145. The first-order chi connectivity index (χ1) is 10.1. The van der Waals surface area contributed by atoms with Crippen molar-refractivity contribution >= 4 is 0 Å². The third-order valence-corrected chi connectivity index (χ3v) is 4.49. The maximum absolute atomic E-state index is 6.15. The Hall–Kier alpha value is -0.300. The van der Waals surface area contributed by atoms with E-state index in [-0.39, 0.29) is 0 Å². The van der Waals surface area contributed by atoms with Gasteiger partial charge >= 0.3 is 0 Å². The number of hydrogen-bond donors (Lipinski definition) is 0. The Morgan fingerprint density at radius 3 is 1.76 bits per heavy atom. The topological polar surface area (TPSA) is 9.23 Å². The van der Waals surface area contributed by atoms with Gasteiger partial charge in [-0.1, -0.05) is 78.4 Å². The molecule has 0 aliphatic rings. The Bertz CT molecular complexity index is 222. The van der Waals surface area contributed by atoms with Crippen molar-refractivity contribution in [2.45, 2.75) is 92.4 Å². The molecule has 0 aliphatic carbocycles. The van der Waals surface area contributed by atoms with E-state index in [9.17, 15) is 0 Å². The van der Waals surface area contributed by atoms with Gasteiger partial charge in [0.05, 0.1) is 13.2 Å². The van der Waals surface area contributed by atoms with E-state index in [1.165, 1.54) is 57.8 Å². The minimum absolute atomic E-state index is 0.442. The van der Waals surface area contributed by atoms with Crippen LogP contribution in [0.4, 0.5) is 0 Å². The highest BCUT2D eigenvalue weighted by Crippen LogP contribution is 2.37. The largest absolute Gasteiger partial charge is 0.380 e. The predicted octanol–water partition coefficient (Wildman–Crippen LogP) is 6.77. The number of unbranched alkanes of at least 4 members (excludes halogenated alkanes) is 3. The van der Waals surface area contributed by atoms with E-state index in [2.05, 4.69) is 46.8 Å². The second-order valence-corrected chi connectivity index (χ2v) is 6.83. The summed E-state index contributed by atoms with van der Waals surface area (Å²) in [4.78, 5) is 0. The van der Waals surface area contributed by atoms with Gasteiger partial charge in [-0.15, -0.1) is 0 Å². The summed E-state index contributed by atoms with van der Waals surface area (Å²) in [7, 11) is 0. The normalized spacial score (nSPS) is 14.0. The molecule has 0 heterocycles. The summed E-state index contributed by atoms with van der Waals surface area (Å²) >= 11 is 0. The van der Waals surface area contributed by atoms with E-state index in [0.717, 1.165) is 13.2 Å². The average molecular weight is 297 g/mol. The zero-order chi connectivity index (χ0) is 16.0. The Kier molecular flexibility index (Phi) is 13.2. The van der Waals surface area contributed by atoms with Gasteiger partial charge in [0.25, 0.3) is 0 Å². The Labute approximate surface area is 134 Å². The highest BCUT2D eigenvalue weighted by Gasteiger charge is 2.28. The van der Waals surface area contributed by atoms with E-state index in [0.29, 0.717) is 11.3 Å². The van der Waals surface area contributed by atoms with Crippen LogP contribution in [0.15, 0.2) is 12.2 Å². The van der Waals surface area contributed by atoms with Crippen molar-refractivity contribution in [3.63, 3.8) is 0 Å². The van der Waals surface area contributed by atoms with Crippen LogP contribution in [0, 0.1) is 11.3 Å². The van der Waals surface area contributed by atoms with Crippen molar-refractivity contribution in [2.75, 3.05) is 13.2 Å². The summed E-state index contributed by atoms with van der Waals surface area (Å²) in [5.41, 5.74) is 0.442. The molecule has 0 aliphatic heterocycles. The molecular formula is C20H40O. The molecule has 0 fully saturated rings. The molecule has 0 bridgehead atoms. The highest BCUT2D eigenvalue weighted by molar-refractivity contribution is 4.84. The van der Waals surface area contributed by atoms with Gasteiger partial charge in [0.2, 0.25) is 0 Å². The smallest absolute Gasteiger partial charge is 0.0526 e. The van der Waals surface area contributed by atoms with Crippen LogP contribution in [0.25, 0.3) is 0 Å². The van der Waals surface area contributed by atoms with Gasteiger partial charge in [-0.05, 0) is 37.5 Å². The fourth-order valence-electron chi connectivity index (χ4n) is 3.09. The maximum atomic E-state index is 6.15. The van der Waals surface area contributed by atoms with Gasteiger partial charge in [-0.25, -0.2) is 0 Å². The van der Waals surface area contributed by atoms with Crippen LogP contribution in [-0.2, 0) is 4.74 Å². The molecule has 126 valence electrons. The molecular weight excluding hydrogens is 256 g/mol. The van der Waals surface area contributed by atoms with Crippen molar-refractivity contribution in [1.29, 1.82) is 0 Å². The first-order valence-electron chi connectivity index (χ1n) is 9.34. The monoisotopic (exact) mass is 296 g/mol. The molecule has 21 heavy (non-hydrogen) atoms.